The summed E-state index contributed by atoms with van der Waals surface area (Å²) >= 11 is 3.08. The van der Waals surface area contributed by atoms with Gasteiger partial charge in [-0.15, -0.1) is 0 Å². The van der Waals surface area contributed by atoms with Gasteiger partial charge in [-0.2, -0.15) is 0 Å². The maximum atomic E-state index is 11.3. The first-order valence-corrected chi connectivity index (χ1v) is 5.34. The SMILES string of the molecule is CCc1ccc(-c2ncc(Br)c(=O)[nH]2)o1. The van der Waals surface area contributed by atoms with Crippen molar-refractivity contribution in [1.29, 1.82) is 0 Å². The molecule has 1 N–H and O–H groups in total. The first-order valence-electron chi connectivity index (χ1n) is 4.54. The number of furan rings is 1. The van der Waals surface area contributed by atoms with Crippen molar-refractivity contribution in [1.82, 2.24) is 9.97 Å². The first-order chi connectivity index (χ1) is 7.20. The lowest BCUT2D eigenvalue weighted by Gasteiger charge is -1.95. The summed E-state index contributed by atoms with van der Waals surface area (Å²) in [6.45, 7) is 2.00. The van der Waals surface area contributed by atoms with E-state index in [4.69, 9.17) is 4.42 Å². The average Bonchev–Trinajstić information content (AvgIpc) is 2.70. The topological polar surface area (TPSA) is 58.9 Å². The van der Waals surface area contributed by atoms with Crippen LogP contribution in [0, 0.1) is 0 Å². The fourth-order valence-corrected chi connectivity index (χ4v) is 1.40. The van der Waals surface area contributed by atoms with Gasteiger partial charge in [0.15, 0.2) is 11.6 Å². The summed E-state index contributed by atoms with van der Waals surface area (Å²) in [5.41, 5.74) is -0.213. The Balaban J connectivity index is 2.45. The van der Waals surface area contributed by atoms with Crippen LogP contribution in [0.2, 0.25) is 0 Å². The fourth-order valence-electron chi connectivity index (χ4n) is 1.20. The second-order valence-corrected chi connectivity index (χ2v) is 3.88. The number of aromatic nitrogens is 2. The Bertz CT molecular complexity index is 530. The van der Waals surface area contributed by atoms with Gasteiger partial charge in [-0.3, -0.25) is 4.79 Å². The normalized spacial score (nSPS) is 10.5. The van der Waals surface area contributed by atoms with Crippen LogP contribution in [0.1, 0.15) is 12.7 Å². The molecule has 4 nitrogen and oxygen atoms in total. The largest absolute Gasteiger partial charge is 0.458 e. The van der Waals surface area contributed by atoms with Crippen LogP contribution < -0.4 is 5.56 Å². The predicted octanol–water partition coefficient (Wildman–Crippen LogP) is 2.35. The number of aromatic amines is 1. The van der Waals surface area contributed by atoms with Crippen LogP contribution in [0.15, 0.2) is 32.0 Å². The van der Waals surface area contributed by atoms with Gasteiger partial charge in [0.05, 0.1) is 0 Å². The molecule has 0 aromatic carbocycles. The van der Waals surface area contributed by atoms with Crippen molar-refractivity contribution >= 4 is 15.9 Å². The maximum Gasteiger partial charge on any atom is 0.265 e. The quantitative estimate of drug-likeness (QED) is 0.910. The molecule has 2 aromatic heterocycles. The van der Waals surface area contributed by atoms with Crippen LogP contribution in [-0.4, -0.2) is 9.97 Å². The minimum Gasteiger partial charge on any atom is -0.458 e. The summed E-state index contributed by atoms with van der Waals surface area (Å²) < 4.78 is 5.88. The van der Waals surface area contributed by atoms with Gasteiger partial charge in [0, 0.05) is 12.6 Å². The van der Waals surface area contributed by atoms with Crippen molar-refractivity contribution in [3.63, 3.8) is 0 Å². The zero-order valence-corrected chi connectivity index (χ0v) is 9.67. The molecule has 78 valence electrons. The van der Waals surface area contributed by atoms with E-state index in [1.807, 2.05) is 13.0 Å². The number of hydrogen-bond acceptors (Lipinski definition) is 3. The maximum absolute atomic E-state index is 11.3. The Hall–Kier alpha value is -1.36. The van der Waals surface area contributed by atoms with E-state index in [0.717, 1.165) is 12.2 Å². The van der Waals surface area contributed by atoms with Gasteiger partial charge in [0.25, 0.3) is 5.56 Å². The van der Waals surface area contributed by atoms with Crippen LogP contribution in [-0.2, 0) is 6.42 Å². The Labute approximate surface area is 94.5 Å². The Morgan fingerprint density at radius 3 is 2.93 bits per heavy atom. The minimum atomic E-state index is -0.213. The molecule has 0 bridgehead atoms. The summed E-state index contributed by atoms with van der Waals surface area (Å²) in [6, 6.07) is 3.67. The molecule has 0 radical (unpaired) electrons. The van der Waals surface area contributed by atoms with Crippen LogP contribution in [0.5, 0.6) is 0 Å². The van der Waals surface area contributed by atoms with E-state index >= 15 is 0 Å². The van der Waals surface area contributed by atoms with Crippen molar-refractivity contribution in [2.45, 2.75) is 13.3 Å². The van der Waals surface area contributed by atoms with E-state index in [1.165, 1.54) is 6.20 Å². The third-order valence-electron chi connectivity index (χ3n) is 2.00. The van der Waals surface area contributed by atoms with Gasteiger partial charge >= 0.3 is 0 Å². The molecule has 0 unspecified atom stereocenters. The van der Waals surface area contributed by atoms with E-state index < -0.39 is 0 Å². The highest BCUT2D eigenvalue weighted by molar-refractivity contribution is 9.10. The van der Waals surface area contributed by atoms with Crippen molar-refractivity contribution in [2.24, 2.45) is 0 Å². The first kappa shape index (κ1) is 10.2. The summed E-state index contributed by atoms with van der Waals surface area (Å²) in [4.78, 5) is 18.0. The number of halogens is 1. The summed E-state index contributed by atoms with van der Waals surface area (Å²) in [5, 5.41) is 0. The van der Waals surface area contributed by atoms with Crippen molar-refractivity contribution < 1.29 is 4.42 Å². The Kier molecular flexibility index (Phi) is 2.73. The third kappa shape index (κ3) is 2.02. The third-order valence-corrected chi connectivity index (χ3v) is 2.56. The number of H-pyrrole nitrogens is 1. The Morgan fingerprint density at radius 2 is 2.33 bits per heavy atom. The van der Waals surface area contributed by atoms with E-state index in [9.17, 15) is 4.79 Å². The van der Waals surface area contributed by atoms with Gasteiger partial charge in [-0.1, -0.05) is 6.92 Å². The molecule has 0 atom stereocenters. The van der Waals surface area contributed by atoms with E-state index in [-0.39, 0.29) is 5.56 Å². The molecule has 2 rings (SSSR count). The minimum absolute atomic E-state index is 0.213. The highest BCUT2D eigenvalue weighted by Crippen LogP contribution is 2.17. The van der Waals surface area contributed by atoms with Gasteiger partial charge in [-0.05, 0) is 28.1 Å². The molecular weight excluding hydrogens is 260 g/mol. The second-order valence-electron chi connectivity index (χ2n) is 3.03. The van der Waals surface area contributed by atoms with Gasteiger partial charge < -0.3 is 9.40 Å². The molecule has 0 aliphatic carbocycles. The molecular formula is C10H9BrN2O2. The van der Waals surface area contributed by atoms with Crippen LogP contribution in [0.3, 0.4) is 0 Å². The fraction of sp³-hybridized carbons (Fsp3) is 0.200. The molecule has 0 aliphatic rings. The van der Waals surface area contributed by atoms with Gasteiger partial charge in [0.1, 0.15) is 10.2 Å². The second kappa shape index (κ2) is 4.02. The average molecular weight is 269 g/mol. The molecule has 5 heteroatoms. The van der Waals surface area contributed by atoms with Crippen molar-refractivity contribution in [3.8, 4) is 11.6 Å². The molecule has 2 aromatic rings. The lowest BCUT2D eigenvalue weighted by Crippen LogP contribution is -2.08. The van der Waals surface area contributed by atoms with Crippen LogP contribution in [0.4, 0.5) is 0 Å². The molecule has 0 saturated carbocycles. The summed E-state index contributed by atoms with van der Waals surface area (Å²) in [7, 11) is 0. The van der Waals surface area contributed by atoms with Gasteiger partial charge in [0.2, 0.25) is 0 Å². The van der Waals surface area contributed by atoms with Crippen molar-refractivity contribution in [3.05, 3.63) is 38.9 Å². The van der Waals surface area contributed by atoms with Crippen molar-refractivity contribution in [2.75, 3.05) is 0 Å². The number of aryl methyl sites for hydroxylation is 1. The number of rotatable bonds is 2. The lowest BCUT2D eigenvalue weighted by atomic mass is 10.3. The Morgan fingerprint density at radius 1 is 1.53 bits per heavy atom. The zero-order valence-electron chi connectivity index (χ0n) is 8.08. The number of nitrogens with one attached hydrogen (secondary N) is 1. The highest BCUT2D eigenvalue weighted by atomic mass is 79.9. The monoisotopic (exact) mass is 268 g/mol. The van der Waals surface area contributed by atoms with E-state index in [1.54, 1.807) is 6.07 Å². The molecule has 0 spiro atoms. The smallest absolute Gasteiger partial charge is 0.265 e. The van der Waals surface area contributed by atoms with Crippen LogP contribution >= 0.6 is 15.9 Å². The lowest BCUT2D eigenvalue weighted by molar-refractivity contribution is 0.525. The molecule has 0 amide bonds. The van der Waals surface area contributed by atoms with Gasteiger partial charge in [-0.25, -0.2) is 4.98 Å². The summed E-state index contributed by atoms with van der Waals surface area (Å²) in [5.74, 6) is 1.90. The molecule has 2 heterocycles. The number of hydrogen-bond donors (Lipinski definition) is 1. The van der Waals surface area contributed by atoms with E-state index in [0.29, 0.717) is 16.1 Å². The predicted molar refractivity (Wildman–Crippen MR) is 59.6 cm³/mol. The molecule has 0 fully saturated rings. The number of nitrogens with zero attached hydrogens (tertiary/aromatic N) is 1. The summed E-state index contributed by atoms with van der Waals surface area (Å²) in [6.07, 6.45) is 2.28. The zero-order chi connectivity index (χ0) is 10.8. The molecule has 0 aliphatic heterocycles. The molecule has 0 saturated heterocycles. The highest BCUT2D eigenvalue weighted by Gasteiger charge is 2.06. The van der Waals surface area contributed by atoms with E-state index in [2.05, 4.69) is 25.9 Å². The van der Waals surface area contributed by atoms with Crippen LogP contribution in [0.25, 0.3) is 11.6 Å². The molecule has 15 heavy (non-hydrogen) atoms. The standard InChI is InChI=1S/C10H9BrN2O2/c1-2-6-3-4-8(15-6)9-12-5-7(11)10(14)13-9/h3-5H,2H2,1H3,(H,12,13,14).